The molecule has 7 N–H and O–H groups in total. The molecule has 3 amide bonds. The van der Waals surface area contributed by atoms with E-state index in [1.54, 1.807) is 0 Å². The monoisotopic (exact) mass is 504 g/mol. The first-order valence-corrected chi connectivity index (χ1v) is 12.2. The molecule has 1 heterocycles. The topological polar surface area (TPSA) is 171 Å². The van der Waals surface area contributed by atoms with Crippen molar-refractivity contribution >= 4 is 29.7 Å². The van der Waals surface area contributed by atoms with E-state index in [9.17, 15) is 19.2 Å². The molecule has 0 radical (unpaired) electrons. The molecular weight excluding hydrogens is 464 g/mol. The fourth-order valence-electron chi connectivity index (χ4n) is 4.46. The molecule has 0 spiro atoms. The average Bonchev–Trinajstić information content (AvgIpc) is 2.81. The Balaban J connectivity index is 2.37. The first-order valence-electron chi connectivity index (χ1n) is 12.2. The van der Waals surface area contributed by atoms with Crippen molar-refractivity contribution in [3.8, 4) is 0 Å². The van der Waals surface area contributed by atoms with Gasteiger partial charge in [-0.2, -0.15) is 0 Å². The molecule has 1 aromatic rings. The van der Waals surface area contributed by atoms with E-state index in [0.717, 1.165) is 17.5 Å². The summed E-state index contributed by atoms with van der Waals surface area (Å²) in [6.45, 7) is 3.93. The summed E-state index contributed by atoms with van der Waals surface area (Å²) < 4.78 is 0. The molecule has 1 aliphatic heterocycles. The summed E-state index contributed by atoms with van der Waals surface area (Å²) in [4.78, 5) is 54.7. The predicted octanol–water partition coefficient (Wildman–Crippen LogP) is -2.48. The van der Waals surface area contributed by atoms with Crippen LogP contribution in [0.2, 0.25) is 0 Å². The van der Waals surface area contributed by atoms with Gasteiger partial charge in [-0.1, -0.05) is 12.1 Å². The zero-order valence-corrected chi connectivity index (χ0v) is 21.1. The van der Waals surface area contributed by atoms with Crippen molar-refractivity contribution in [2.45, 2.75) is 12.5 Å². The van der Waals surface area contributed by atoms with Gasteiger partial charge >= 0.3 is 0 Å². The Kier molecular flexibility index (Phi) is 12.3. The van der Waals surface area contributed by atoms with Crippen LogP contribution < -0.4 is 22.5 Å². The zero-order chi connectivity index (χ0) is 26.5. The predicted molar refractivity (Wildman–Crippen MR) is 138 cm³/mol. The number of carbonyl (C=O) groups is 4. The summed E-state index contributed by atoms with van der Waals surface area (Å²) in [5, 5.41) is 3.10. The SMILES string of the molecule is CNc1ccc(CC2CN(CC(N)=O)CCN(CC(N)=O)CCN(CC=O)CCN2CC(N)=O)cc1. The van der Waals surface area contributed by atoms with Crippen molar-refractivity contribution in [1.29, 1.82) is 0 Å². The van der Waals surface area contributed by atoms with Gasteiger partial charge in [0.05, 0.1) is 26.2 Å². The Labute approximate surface area is 212 Å². The van der Waals surface area contributed by atoms with Gasteiger partial charge in [0.2, 0.25) is 17.7 Å². The maximum Gasteiger partial charge on any atom is 0.231 e. The van der Waals surface area contributed by atoms with E-state index >= 15 is 0 Å². The van der Waals surface area contributed by atoms with E-state index in [-0.39, 0.29) is 32.2 Å². The molecule has 1 fully saturated rings. The number of amides is 3. The summed E-state index contributed by atoms with van der Waals surface area (Å²) >= 11 is 0. The van der Waals surface area contributed by atoms with E-state index < -0.39 is 17.7 Å². The molecule has 2 rings (SSSR count). The molecule has 1 saturated heterocycles. The molecule has 1 aromatic carbocycles. The van der Waals surface area contributed by atoms with E-state index in [4.69, 9.17) is 17.2 Å². The Hall–Kier alpha value is -3.06. The molecule has 36 heavy (non-hydrogen) atoms. The minimum atomic E-state index is -0.459. The van der Waals surface area contributed by atoms with E-state index in [1.807, 2.05) is 50.9 Å². The number of benzene rings is 1. The van der Waals surface area contributed by atoms with Gasteiger partial charge in [0, 0.05) is 64.6 Å². The Morgan fingerprint density at radius 2 is 1.36 bits per heavy atom. The standard InChI is InChI=1S/C24H40N8O4/c1-28-20-4-2-19(3-5-20)14-21-15-31(17-23(26)35)9-8-30(16-22(25)34)7-6-29(12-13-33)10-11-32(21)18-24(27)36/h2-5,13,21,28H,6-12,14-18H2,1H3,(H2,25,34)(H2,26,35)(H2,27,36). The van der Waals surface area contributed by atoms with Crippen LogP contribution in [-0.2, 0) is 25.6 Å². The lowest BCUT2D eigenvalue weighted by Crippen LogP contribution is -2.54. The van der Waals surface area contributed by atoms with Gasteiger partial charge in [-0.3, -0.25) is 34.0 Å². The third-order valence-electron chi connectivity index (χ3n) is 6.32. The maximum atomic E-state index is 12.0. The normalized spacial score (nSPS) is 19.6. The van der Waals surface area contributed by atoms with E-state index in [1.165, 1.54) is 0 Å². The summed E-state index contributed by atoms with van der Waals surface area (Å²) in [6, 6.07) is 7.86. The third kappa shape index (κ3) is 10.7. The molecule has 200 valence electrons. The van der Waals surface area contributed by atoms with E-state index in [0.29, 0.717) is 52.2 Å². The summed E-state index contributed by atoms with van der Waals surface area (Å²) in [5.41, 5.74) is 18.7. The van der Waals surface area contributed by atoms with Crippen LogP contribution in [0.1, 0.15) is 5.56 Å². The van der Waals surface area contributed by atoms with Crippen LogP contribution in [0.15, 0.2) is 24.3 Å². The second-order valence-corrected chi connectivity index (χ2v) is 9.15. The highest BCUT2D eigenvalue weighted by molar-refractivity contribution is 5.76. The van der Waals surface area contributed by atoms with Crippen LogP contribution in [0.4, 0.5) is 5.69 Å². The van der Waals surface area contributed by atoms with Crippen molar-refractivity contribution in [2.75, 3.05) is 84.4 Å². The molecule has 0 saturated carbocycles. The van der Waals surface area contributed by atoms with Gasteiger partial charge < -0.3 is 27.3 Å². The van der Waals surface area contributed by atoms with Crippen LogP contribution in [0.3, 0.4) is 0 Å². The highest BCUT2D eigenvalue weighted by atomic mass is 16.2. The minimum absolute atomic E-state index is 0.0429. The first kappa shape index (κ1) is 29.2. The number of nitrogens with zero attached hydrogens (tertiary/aromatic N) is 4. The van der Waals surface area contributed by atoms with Crippen molar-refractivity contribution in [3.05, 3.63) is 29.8 Å². The quantitative estimate of drug-likeness (QED) is 0.238. The number of aldehydes is 1. The van der Waals surface area contributed by atoms with Crippen molar-refractivity contribution in [1.82, 2.24) is 19.6 Å². The molecule has 0 aromatic heterocycles. The van der Waals surface area contributed by atoms with Crippen LogP contribution in [0.5, 0.6) is 0 Å². The lowest BCUT2D eigenvalue weighted by Gasteiger charge is -2.38. The summed E-state index contributed by atoms with van der Waals surface area (Å²) in [5.74, 6) is -1.35. The Morgan fingerprint density at radius 1 is 0.833 bits per heavy atom. The molecule has 1 unspecified atom stereocenters. The van der Waals surface area contributed by atoms with Gasteiger partial charge in [0.15, 0.2) is 0 Å². The molecule has 0 bridgehead atoms. The van der Waals surface area contributed by atoms with Crippen molar-refractivity contribution in [3.63, 3.8) is 0 Å². The number of primary amides is 3. The fourth-order valence-corrected chi connectivity index (χ4v) is 4.46. The summed E-state index contributed by atoms with van der Waals surface area (Å²) in [7, 11) is 1.85. The van der Waals surface area contributed by atoms with Gasteiger partial charge in [-0.15, -0.1) is 0 Å². The zero-order valence-electron chi connectivity index (χ0n) is 21.1. The molecule has 12 heteroatoms. The van der Waals surface area contributed by atoms with Crippen LogP contribution in [0.25, 0.3) is 0 Å². The maximum absolute atomic E-state index is 12.0. The van der Waals surface area contributed by atoms with Gasteiger partial charge in [0.25, 0.3) is 0 Å². The second kappa shape index (κ2) is 15.1. The fraction of sp³-hybridized carbons (Fsp3) is 0.583. The highest BCUT2D eigenvalue weighted by Gasteiger charge is 2.26. The second-order valence-electron chi connectivity index (χ2n) is 9.15. The lowest BCUT2D eigenvalue weighted by molar-refractivity contribution is -0.121. The third-order valence-corrected chi connectivity index (χ3v) is 6.32. The molecular formula is C24H40N8O4. The number of hydrogen-bond donors (Lipinski definition) is 4. The largest absolute Gasteiger partial charge is 0.388 e. The smallest absolute Gasteiger partial charge is 0.231 e. The number of hydrogen-bond acceptors (Lipinski definition) is 9. The Bertz CT molecular complexity index is 866. The minimum Gasteiger partial charge on any atom is -0.388 e. The van der Waals surface area contributed by atoms with Crippen LogP contribution in [-0.4, -0.2) is 129 Å². The van der Waals surface area contributed by atoms with Crippen molar-refractivity contribution < 1.29 is 19.2 Å². The van der Waals surface area contributed by atoms with Gasteiger partial charge in [0.1, 0.15) is 6.29 Å². The number of nitrogens with two attached hydrogens (primary N) is 3. The average molecular weight is 505 g/mol. The highest BCUT2D eigenvalue weighted by Crippen LogP contribution is 2.15. The number of rotatable bonds is 11. The number of carbonyl (C=O) groups excluding carboxylic acids is 4. The van der Waals surface area contributed by atoms with Crippen LogP contribution in [0, 0.1) is 0 Å². The molecule has 1 atom stereocenters. The molecule has 0 aliphatic carbocycles. The first-order chi connectivity index (χ1) is 17.2. The lowest BCUT2D eigenvalue weighted by atomic mass is 10.0. The number of anilines is 1. The van der Waals surface area contributed by atoms with Crippen molar-refractivity contribution in [2.24, 2.45) is 17.2 Å². The number of nitrogens with one attached hydrogen (secondary N) is 1. The molecule has 1 aliphatic rings. The molecule has 12 nitrogen and oxygen atoms in total. The van der Waals surface area contributed by atoms with Gasteiger partial charge in [-0.05, 0) is 24.1 Å². The Morgan fingerprint density at radius 3 is 1.92 bits per heavy atom. The van der Waals surface area contributed by atoms with E-state index in [2.05, 4.69) is 5.32 Å². The van der Waals surface area contributed by atoms with Gasteiger partial charge in [-0.25, -0.2) is 0 Å². The summed E-state index contributed by atoms with van der Waals surface area (Å²) in [6.07, 6.45) is 1.46. The van der Waals surface area contributed by atoms with Crippen LogP contribution >= 0.6 is 0 Å².